The average Bonchev–Trinajstić information content (AvgIpc) is 2.08. The SMILES string of the molecule is CCCc1ccc(NC(=O)Br)cc1. The number of hydrogen-bond donors (Lipinski definition) is 1. The molecular formula is C10H12BrNO. The van der Waals surface area contributed by atoms with Crippen LogP contribution in [0.15, 0.2) is 24.3 Å². The first-order valence-corrected chi connectivity index (χ1v) is 5.07. The molecule has 0 saturated heterocycles. The lowest BCUT2D eigenvalue weighted by Crippen LogP contribution is -1.99. The highest BCUT2D eigenvalue weighted by Gasteiger charge is 1.96. The van der Waals surface area contributed by atoms with E-state index in [1.54, 1.807) is 0 Å². The van der Waals surface area contributed by atoms with E-state index >= 15 is 0 Å². The molecule has 0 radical (unpaired) electrons. The Morgan fingerprint density at radius 3 is 2.46 bits per heavy atom. The second-order valence-corrected chi connectivity index (χ2v) is 3.57. The number of aryl methyl sites for hydroxylation is 1. The maximum Gasteiger partial charge on any atom is 0.291 e. The Morgan fingerprint density at radius 2 is 2.00 bits per heavy atom. The fraction of sp³-hybridized carbons (Fsp3) is 0.300. The van der Waals surface area contributed by atoms with Gasteiger partial charge in [0.05, 0.1) is 0 Å². The van der Waals surface area contributed by atoms with Crippen LogP contribution in [0.2, 0.25) is 0 Å². The number of hydrogen-bond acceptors (Lipinski definition) is 1. The van der Waals surface area contributed by atoms with E-state index in [2.05, 4.69) is 28.2 Å². The zero-order valence-electron chi connectivity index (χ0n) is 7.51. The highest BCUT2D eigenvalue weighted by atomic mass is 79.9. The van der Waals surface area contributed by atoms with Crippen LogP contribution in [0.4, 0.5) is 10.5 Å². The molecule has 0 atom stereocenters. The molecule has 0 heterocycles. The number of anilines is 1. The minimum absolute atomic E-state index is 0.212. The van der Waals surface area contributed by atoms with E-state index in [0.29, 0.717) is 0 Å². The Balaban J connectivity index is 2.64. The fourth-order valence-electron chi connectivity index (χ4n) is 1.16. The van der Waals surface area contributed by atoms with Crippen LogP contribution in [0.3, 0.4) is 0 Å². The normalized spacial score (nSPS) is 9.69. The van der Waals surface area contributed by atoms with Crippen molar-refractivity contribution in [2.45, 2.75) is 19.8 Å². The molecule has 0 spiro atoms. The van der Waals surface area contributed by atoms with Gasteiger partial charge in [-0.15, -0.1) is 0 Å². The molecule has 0 aliphatic carbocycles. The first kappa shape index (κ1) is 10.3. The van der Waals surface area contributed by atoms with Gasteiger partial charge in [-0.25, -0.2) is 0 Å². The van der Waals surface area contributed by atoms with Crippen LogP contribution in [-0.4, -0.2) is 4.82 Å². The van der Waals surface area contributed by atoms with Crippen LogP contribution in [-0.2, 0) is 6.42 Å². The van der Waals surface area contributed by atoms with Crippen molar-refractivity contribution in [3.8, 4) is 0 Å². The Kier molecular flexibility index (Phi) is 3.96. The Hall–Kier alpha value is -0.830. The van der Waals surface area contributed by atoms with E-state index < -0.39 is 0 Å². The summed E-state index contributed by atoms with van der Waals surface area (Å²) in [6, 6.07) is 7.87. The van der Waals surface area contributed by atoms with Gasteiger partial charge in [-0.3, -0.25) is 4.79 Å². The zero-order valence-corrected chi connectivity index (χ0v) is 9.10. The summed E-state index contributed by atoms with van der Waals surface area (Å²) in [6.45, 7) is 2.15. The maximum atomic E-state index is 10.6. The topological polar surface area (TPSA) is 29.1 Å². The van der Waals surface area contributed by atoms with Crippen LogP contribution >= 0.6 is 15.9 Å². The summed E-state index contributed by atoms with van der Waals surface area (Å²) in [5.41, 5.74) is 2.12. The van der Waals surface area contributed by atoms with E-state index in [0.717, 1.165) is 18.5 Å². The smallest absolute Gasteiger partial charge is 0.291 e. The minimum atomic E-state index is -0.212. The number of halogens is 1. The van der Waals surface area contributed by atoms with Gasteiger partial charge >= 0.3 is 0 Å². The van der Waals surface area contributed by atoms with Crippen LogP contribution in [0.5, 0.6) is 0 Å². The Morgan fingerprint density at radius 1 is 1.38 bits per heavy atom. The van der Waals surface area contributed by atoms with E-state index in [9.17, 15) is 4.79 Å². The van der Waals surface area contributed by atoms with Crippen LogP contribution in [0, 0.1) is 0 Å². The average molecular weight is 242 g/mol. The molecule has 2 nitrogen and oxygen atoms in total. The summed E-state index contributed by atoms with van der Waals surface area (Å²) < 4.78 is 0. The van der Waals surface area contributed by atoms with Gasteiger partial charge in [0.25, 0.3) is 4.82 Å². The third-order valence-electron chi connectivity index (χ3n) is 1.74. The lowest BCUT2D eigenvalue weighted by Gasteiger charge is -2.02. The van der Waals surface area contributed by atoms with Crippen molar-refractivity contribution >= 4 is 26.4 Å². The van der Waals surface area contributed by atoms with Crippen molar-refractivity contribution in [3.63, 3.8) is 0 Å². The van der Waals surface area contributed by atoms with Gasteiger partial charge in [0.2, 0.25) is 0 Å². The summed E-state index contributed by atoms with van der Waals surface area (Å²) in [6.07, 6.45) is 2.23. The number of carbonyl (C=O) groups excluding carboxylic acids is 1. The van der Waals surface area contributed by atoms with E-state index in [4.69, 9.17) is 0 Å². The summed E-state index contributed by atoms with van der Waals surface area (Å²) in [5, 5.41) is 2.65. The molecule has 0 saturated carbocycles. The quantitative estimate of drug-likeness (QED) is 0.637. The van der Waals surface area contributed by atoms with Gasteiger partial charge in [-0.05, 0) is 24.1 Å². The maximum absolute atomic E-state index is 10.6. The minimum Gasteiger partial charge on any atom is -0.317 e. The van der Waals surface area contributed by atoms with Crippen LogP contribution in [0.25, 0.3) is 0 Å². The first-order valence-electron chi connectivity index (χ1n) is 4.28. The van der Waals surface area contributed by atoms with Crippen molar-refractivity contribution < 1.29 is 4.79 Å². The molecule has 0 fully saturated rings. The molecule has 70 valence electrons. The van der Waals surface area contributed by atoms with Gasteiger partial charge < -0.3 is 5.32 Å². The number of carbonyl (C=O) groups is 1. The number of rotatable bonds is 3. The van der Waals surface area contributed by atoms with Crippen molar-refractivity contribution in [1.29, 1.82) is 0 Å². The monoisotopic (exact) mass is 241 g/mol. The van der Waals surface area contributed by atoms with Gasteiger partial charge in [0, 0.05) is 21.6 Å². The highest BCUT2D eigenvalue weighted by Crippen LogP contribution is 2.11. The van der Waals surface area contributed by atoms with Gasteiger partial charge in [0.15, 0.2) is 0 Å². The fourth-order valence-corrected chi connectivity index (χ4v) is 1.39. The largest absolute Gasteiger partial charge is 0.317 e. The summed E-state index contributed by atoms with van der Waals surface area (Å²) >= 11 is 2.81. The summed E-state index contributed by atoms with van der Waals surface area (Å²) in [7, 11) is 0. The molecule has 0 unspecified atom stereocenters. The molecule has 3 heteroatoms. The molecular weight excluding hydrogens is 230 g/mol. The molecule has 1 rings (SSSR count). The van der Waals surface area contributed by atoms with Gasteiger partial charge in [0.1, 0.15) is 0 Å². The van der Waals surface area contributed by atoms with Gasteiger partial charge in [-0.2, -0.15) is 0 Å². The predicted octanol–water partition coefficient (Wildman–Crippen LogP) is 3.57. The molecule has 0 bridgehead atoms. The van der Waals surface area contributed by atoms with E-state index in [1.807, 2.05) is 24.3 Å². The van der Waals surface area contributed by atoms with Crippen molar-refractivity contribution in [3.05, 3.63) is 29.8 Å². The third kappa shape index (κ3) is 3.59. The first-order chi connectivity index (χ1) is 6.22. The second-order valence-electron chi connectivity index (χ2n) is 2.85. The van der Waals surface area contributed by atoms with Gasteiger partial charge in [-0.1, -0.05) is 25.5 Å². The number of nitrogens with one attached hydrogen (secondary N) is 1. The summed E-state index contributed by atoms with van der Waals surface area (Å²) in [5.74, 6) is 0. The summed E-state index contributed by atoms with van der Waals surface area (Å²) in [4.78, 5) is 10.4. The lowest BCUT2D eigenvalue weighted by atomic mass is 10.1. The highest BCUT2D eigenvalue weighted by molar-refractivity contribution is 9.18. The number of amides is 1. The van der Waals surface area contributed by atoms with Crippen LogP contribution in [0.1, 0.15) is 18.9 Å². The van der Waals surface area contributed by atoms with E-state index in [1.165, 1.54) is 5.56 Å². The second kappa shape index (κ2) is 5.02. The third-order valence-corrected chi connectivity index (χ3v) is 1.93. The zero-order chi connectivity index (χ0) is 9.68. The Bertz CT molecular complexity index is 281. The predicted molar refractivity (Wildman–Crippen MR) is 58.4 cm³/mol. The molecule has 1 amide bonds. The van der Waals surface area contributed by atoms with E-state index in [-0.39, 0.29) is 4.82 Å². The Labute approximate surface area is 86.5 Å². The van der Waals surface area contributed by atoms with Crippen LogP contribution < -0.4 is 5.32 Å². The molecule has 1 aromatic carbocycles. The standard InChI is InChI=1S/C10H12BrNO/c1-2-3-8-4-6-9(7-5-8)12-10(11)13/h4-7H,2-3H2,1H3,(H,12,13). The van der Waals surface area contributed by atoms with Crippen molar-refractivity contribution in [1.82, 2.24) is 0 Å². The van der Waals surface area contributed by atoms with Crippen molar-refractivity contribution in [2.75, 3.05) is 5.32 Å². The molecule has 0 aromatic heterocycles. The molecule has 0 aliphatic heterocycles. The van der Waals surface area contributed by atoms with Crippen molar-refractivity contribution in [2.24, 2.45) is 0 Å². The lowest BCUT2D eigenvalue weighted by molar-refractivity contribution is 0.270. The number of benzene rings is 1. The molecule has 1 N–H and O–H groups in total. The molecule has 13 heavy (non-hydrogen) atoms. The molecule has 1 aromatic rings. The molecule has 0 aliphatic rings.